The zero-order chi connectivity index (χ0) is 11.2. The van der Waals surface area contributed by atoms with E-state index in [2.05, 4.69) is 29.5 Å². The van der Waals surface area contributed by atoms with E-state index in [9.17, 15) is 0 Å². The molecule has 0 radical (unpaired) electrons. The minimum Gasteiger partial charge on any atom is -0.325 e. The molecular weight excluding hydrogens is 216 g/mol. The number of benzene rings is 1. The highest BCUT2D eigenvalue weighted by Gasteiger charge is 2.37. The van der Waals surface area contributed by atoms with Crippen molar-refractivity contribution in [1.29, 1.82) is 0 Å². The highest BCUT2D eigenvalue weighted by atomic mass is 32.1. The zero-order valence-electron chi connectivity index (χ0n) is 9.49. The zero-order valence-corrected chi connectivity index (χ0v) is 10.3. The Morgan fingerprint density at radius 3 is 3.00 bits per heavy atom. The number of hydrogen-bond donors (Lipinski definition) is 1. The van der Waals surface area contributed by atoms with Crippen LogP contribution in [0.1, 0.15) is 30.5 Å². The molecule has 0 aliphatic heterocycles. The monoisotopic (exact) mass is 232 g/mol. The summed E-state index contributed by atoms with van der Waals surface area (Å²) in [5, 5.41) is 1.36. The van der Waals surface area contributed by atoms with Crippen LogP contribution < -0.4 is 5.73 Å². The summed E-state index contributed by atoms with van der Waals surface area (Å²) in [6, 6.07) is 6.50. The van der Waals surface area contributed by atoms with Gasteiger partial charge in [-0.3, -0.25) is 0 Å². The Hall–Kier alpha value is -0.930. The van der Waals surface area contributed by atoms with Gasteiger partial charge >= 0.3 is 0 Å². The third-order valence-electron chi connectivity index (χ3n) is 3.54. The predicted molar refractivity (Wildman–Crippen MR) is 68.8 cm³/mol. The Labute approximate surface area is 99.6 Å². The lowest BCUT2D eigenvalue weighted by Crippen LogP contribution is -2.22. The summed E-state index contributed by atoms with van der Waals surface area (Å²) in [7, 11) is 0. The van der Waals surface area contributed by atoms with E-state index in [1.165, 1.54) is 28.5 Å². The molecule has 1 aromatic carbocycles. The van der Waals surface area contributed by atoms with E-state index < -0.39 is 0 Å². The van der Waals surface area contributed by atoms with Gasteiger partial charge in [-0.2, -0.15) is 4.37 Å². The maximum atomic E-state index is 6.14. The van der Waals surface area contributed by atoms with E-state index in [0.717, 1.165) is 18.5 Å². The first-order chi connectivity index (χ1) is 7.68. The van der Waals surface area contributed by atoms with E-state index in [-0.39, 0.29) is 5.54 Å². The van der Waals surface area contributed by atoms with Gasteiger partial charge in [0, 0.05) is 10.9 Å². The summed E-state index contributed by atoms with van der Waals surface area (Å²) in [6.45, 7) is 2.09. The number of aryl methyl sites for hydroxylation is 2. The summed E-state index contributed by atoms with van der Waals surface area (Å²) in [4.78, 5) is 0. The lowest BCUT2D eigenvalue weighted by molar-refractivity contribution is 0.610. The van der Waals surface area contributed by atoms with Gasteiger partial charge in [0.1, 0.15) is 0 Å². The van der Waals surface area contributed by atoms with Crippen molar-refractivity contribution in [3.05, 3.63) is 29.5 Å². The number of hydrogen-bond acceptors (Lipinski definition) is 3. The van der Waals surface area contributed by atoms with Crippen LogP contribution in [0.15, 0.2) is 18.2 Å². The molecule has 3 heteroatoms. The molecular formula is C13H16N2S. The fourth-order valence-electron chi connectivity index (χ4n) is 2.23. The van der Waals surface area contributed by atoms with Crippen molar-refractivity contribution in [3.8, 4) is 0 Å². The van der Waals surface area contributed by atoms with Crippen LogP contribution in [0.3, 0.4) is 0 Å². The normalized spacial score (nSPS) is 17.9. The van der Waals surface area contributed by atoms with Crippen molar-refractivity contribution in [1.82, 2.24) is 4.37 Å². The smallest absolute Gasteiger partial charge is 0.0592 e. The Morgan fingerprint density at radius 2 is 2.25 bits per heavy atom. The molecule has 1 saturated carbocycles. The third-order valence-corrected chi connectivity index (χ3v) is 4.44. The fourth-order valence-corrected chi connectivity index (χ4v) is 3.07. The third kappa shape index (κ3) is 1.74. The van der Waals surface area contributed by atoms with Gasteiger partial charge in [0.05, 0.1) is 10.4 Å². The molecule has 0 atom stereocenters. The van der Waals surface area contributed by atoms with Crippen molar-refractivity contribution in [2.24, 2.45) is 5.73 Å². The van der Waals surface area contributed by atoms with Gasteiger partial charge in [0.15, 0.2) is 0 Å². The van der Waals surface area contributed by atoms with Crippen LogP contribution in [0.25, 0.3) is 10.1 Å². The minimum absolute atomic E-state index is 0.152. The largest absolute Gasteiger partial charge is 0.325 e. The minimum atomic E-state index is 0.152. The lowest BCUT2D eigenvalue weighted by Gasteiger charge is -2.09. The SMILES string of the molecule is Cc1nsc2cccc(CCC3(N)CC3)c12. The molecule has 2 N–H and O–H groups in total. The maximum Gasteiger partial charge on any atom is 0.0592 e. The average molecular weight is 232 g/mol. The molecule has 0 saturated heterocycles. The molecule has 2 nitrogen and oxygen atoms in total. The summed E-state index contributed by atoms with van der Waals surface area (Å²) < 4.78 is 5.73. The number of nitrogens with two attached hydrogens (primary N) is 1. The number of fused-ring (bicyclic) bond motifs is 1. The van der Waals surface area contributed by atoms with Crippen molar-refractivity contribution in [3.63, 3.8) is 0 Å². The van der Waals surface area contributed by atoms with Gasteiger partial charge in [0.25, 0.3) is 0 Å². The van der Waals surface area contributed by atoms with Crippen molar-refractivity contribution >= 4 is 21.6 Å². The standard InChI is InChI=1S/C13H16N2S/c1-9-12-10(5-6-13(14)7-8-13)3-2-4-11(12)16-15-9/h2-4H,5-8,14H2,1H3. The second kappa shape index (κ2) is 3.54. The van der Waals surface area contributed by atoms with Gasteiger partial charge in [0.2, 0.25) is 0 Å². The molecule has 0 spiro atoms. The number of nitrogens with zero attached hydrogens (tertiary/aromatic N) is 1. The molecule has 1 aliphatic rings. The molecule has 0 bridgehead atoms. The molecule has 1 aromatic heterocycles. The van der Waals surface area contributed by atoms with Gasteiger partial charge < -0.3 is 5.73 Å². The van der Waals surface area contributed by atoms with E-state index in [4.69, 9.17) is 5.73 Å². The molecule has 2 aromatic rings. The Balaban J connectivity index is 1.93. The van der Waals surface area contributed by atoms with Crippen molar-refractivity contribution in [2.75, 3.05) is 0 Å². The van der Waals surface area contributed by atoms with E-state index >= 15 is 0 Å². The lowest BCUT2D eigenvalue weighted by atomic mass is 10.0. The van der Waals surface area contributed by atoms with Gasteiger partial charge in [-0.15, -0.1) is 0 Å². The first-order valence-corrected chi connectivity index (χ1v) is 6.58. The molecule has 1 heterocycles. The molecule has 16 heavy (non-hydrogen) atoms. The Kier molecular flexibility index (Phi) is 2.26. The first-order valence-electron chi connectivity index (χ1n) is 5.81. The van der Waals surface area contributed by atoms with E-state index in [0.29, 0.717) is 0 Å². The topological polar surface area (TPSA) is 38.9 Å². The first kappa shape index (κ1) is 10.2. The highest BCUT2D eigenvalue weighted by Crippen LogP contribution is 2.37. The average Bonchev–Trinajstić information content (AvgIpc) is 2.90. The van der Waals surface area contributed by atoms with Gasteiger partial charge in [-0.25, -0.2) is 0 Å². The second-order valence-corrected chi connectivity index (χ2v) is 5.73. The van der Waals surface area contributed by atoms with E-state index in [1.807, 2.05) is 0 Å². The second-order valence-electron chi connectivity index (χ2n) is 4.92. The van der Waals surface area contributed by atoms with Crippen LogP contribution in [-0.2, 0) is 6.42 Å². The number of aromatic nitrogens is 1. The van der Waals surface area contributed by atoms with E-state index in [1.54, 1.807) is 11.5 Å². The Morgan fingerprint density at radius 1 is 1.44 bits per heavy atom. The van der Waals surface area contributed by atoms with Gasteiger partial charge in [-0.05, 0) is 55.8 Å². The van der Waals surface area contributed by atoms with Crippen LogP contribution in [-0.4, -0.2) is 9.91 Å². The number of rotatable bonds is 3. The Bertz CT molecular complexity index is 526. The summed E-state index contributed by atoms with van der Waals surface area (Å²) in [6.07, 6.45) is 4.60. The molecule has 1 fully saturated rings. The molecule has 0 unspecified atom stereocenters. The van der Waals surface area contributed by atoms with Crippen LogP contribution in [0.5, 0.6) is 0 Å². The van der Waals surface area contributed by atoms with Crippen molar-refractivity contribution < 1.29 is 0 Å². The molecule has 84 valence electrons. The quantitative estimate of drug-likeness (QED) is 0.883. The molecule has 0 amide bonds. The van der Waals surface area contributed by atoms with Crippen molar-refractivity contribution in [2.45, 2.75) is 38.1 Å². The summed E-state index contributed by atoms with van der Waals surface area (Å²) >= 11 is 1.60. The molecule has 1 aliphatic carbocycles. The van der Waals surface area contributed by atoms with Crippen LogP contribution in [0.4, 0.5) is 0 Å². The van der Waals surface area contributed by atoms with Gasteiger partial charge in [-0.1, -0.05) is 12.1 Å². The summed E-state index contributed by atoms with van der Waals surface area (Å²) in [5.74, 6) is 0. The highest BCUT2D eigenvalue weighted by molar-refractivity contribution is 7.13. The molecule has 3 rings (SSSR count). The van der Waals surface area contributed by atoms with Crippen LogP contribution >= 0.6 is 11.5 Å². The van der Waals surface area contributed by atoms with Crippen LogP contribution in [0, 0.1) is 6.92 Å². The maximum absolute atomic E-state index is 6.14. The predicted octanol–water partition coefficient (Wildman–Crippen LogP) is 3.03. The fraction of sp³-hybridized carbons (Fsp3) is 0.462. The summed E-state index contributed by atoms with van der Waals surface area (Å²) in [5.41, 5.74) is 8.87. The van der Waals surface area contributed by atoms with Crippen LogP contribution in [0.2, 0.25) is 0 Å².